The highest BCUT2D eigenvalue weighted by atomic mass is 32.2. The van der Waals surface area contributed by atoms with Crippen LogP contribution in [0.5, 0.6) is 0 Å². The summed E-state index contributed by atoms with van der Waals surface area (Å²) in [5.41, 5.74) is 0. The van der Waals surface area contributed by atoms with Gasteiger partial charge in [-0.1, -0.05) is 0 Å². The first-order valence-corrected chi connectivity index (χ1v) is 7.95. The Morgan fingerprint density at radius 1 is 1.20 bits per heavy atom. The first kappa shape index (κ1) is 16.9. The van der Waals surface area contributed by atoms with Crippen molar-refractivity contribution in [2.45, 2.75) is 12.8 Å². The number of hydrogen-bond donors (Lipinski definition) is 1. The molecular weight excluding hydrogens is 288 g/mol. The third kappa shape index (κ3) is 5.43. The van der Waals surface area contributed by atoms with Gasteiger partial charge >= 0.3 is 11.9 Å². The topological polar surface area (TPSA) is 104 Å². The first-order valence-electron chi connectivity index (χ1n) is 6.34. The summed E-state index contributed by atoms with van der Waals surface area (Å²) in [4.78, 5) is 23.4. The van der Waals surface area contributed by atoms with Crippen molar-refractivity contribution in [3.63, 3.8) is 0 Å². The Balaban J connectivity index is 2.54. The van der Waals surface area contributed by atoms with Gasteiger partial charge in [-0.3, -0.25) is 14.5 Å². The molecule has 1 aliphatic heterocycles. The van der Waals surface area contributed by atoms with E-state index >= 15 is 0 Å². The monoisotopic (exact) mass is 308 g/mol. The van der Waals surface area contributed by atoms with Crippen molar-refractivity contribution in [1.82, 2.24) is 9.21 Å². The maximum absolute atomic E-state index is 12.1. The number of carbonyl (C=O) groups excluding carboxylic acids is 1. The molecule has 0 unspecified atom stereocenters. The Bertz CT molecular complexity index is 450. The number of esters is 1. The van der Waals surface area contributed by atoms with Gasteiger partial charge in [0.15, 0.2) is 0 Å². The summed E-state index contributed by atoms with van der Waals surface area (Å²) < 4.78 is 29.9. The summed E-state index contributed by atoms with van der Waals surface area (Å²) in [5, 5.41) is 8.73. The molecule has 0 spiro atoms. The molecule has 1 saturated heterocycles. The number of nitrogens with zero attached hydrogens (tertiary/aromatic N) is 2. The minimum absolute atomic E-state index is 0.0873. The van der Waals surface area contributed by atoms with Crippen LogP contribution in [0.1, 0.15) is 12.8 Å². The van der Waals surface area contributed by atoms with Gasteiger partial charge in [-0.25, -0.2) is 12.7 Å². The lowest BCUT2D eigenvalue weighted by atomic mass is 10.4. The molecule has 20 heavy (non-hydrogen) atoms. The molecule has 1 N–H and O–H groups in total. The molecule has 0 aromatic carbocycles. The molecule has 0 atom stereocenters. The van der Waals surface area contributed by atoms with Gasteiger partial charge in [-0.15, -0.1) is 0 Å². The number of carboxylic acids is 1. The van der Waals surface area contributed by atoms with E-state index < -0.39 is 22.0 Å². The highest BCUT2D eigenvalue weighted by molar-refractivity contribution is 7.89. The van der Waals surface area contributed by atoms with Crippen molar-refractivity contribution in [1.29, 1.82) is 0 Å². The lowest BCUT2D eigenvalue weighted by molar-refractivity contribution is -0.140. The molecule has 1 aliphatic rings. The fourth-order valence-electron chi connectivity index (χ4n) is 2.02. The van der Waals surface area contributed by atoms with E-state index in [-0.39, 0.29) is 25.3 Å². The van der Waals surface area contributed by atoms with Crippen LogP contribution in [-0.2, 0) is 24.3 Å². The second-order valence-corrected chi connectivity index (χ2v) is 6.65. The lowest BCUT2D eigenvalue weighted by Gasteiger charge is -2.20. The molecule has 0 bridgehead atoms. The van der Waals surface area contributed by atoms with Gasteiger partial charge in [-0.05, 0) is 6.42 Å². The summed E-state index contributed by atoms with van der Waals surface area (Å²) in [6.07, 6.45) is 0.402. The fraction of sp³-hybridized carbons (Fsp3) is 0.818. The molecule has 0 aromatic rings. The summed E-state index contributed by atoms with van der Waals surface area (Å²) in [7, 11) is -2.29. The molecule has 0 saturated carbocycles. The average Bonchev–Trinajstić information content (AvgIpc) is 2.61. The van der Waals surface area contributed by atoms with Gasteiger partial charge in [0.1, 0.15) is 0 Å². The van der Waals surface area contributed by atoms with Crippen molar-refractivity contribution in [2.75, 3.05) is 45.6 Å². The predicted octanol–water partition coefficient (Wildman–Crippen LogP) is -1.03. The summed E-state index contributed by atoms with van der Waals surface area (Å²) in [5.74, 6) is -1.76. The second-order valence-electron chi connectivity index (χ2n) is 4.56. The normalized spacial score (nSPS) is 18.4. The predicted molar refractivity (Wildman–Crippen MR) is 70.7 cm³/mol. The Morgan fingerprint density at radius 2 is 1.90 bits per heavy atom. The van der Waals surface area contributed by atoms with E-state index in [0.717, 1.165) is 0 Å². The van der Waals surface area contributed by atoms with E-state index in [0.29, 0.717) is 26.1 Å². The van der Waals surface area contributed by atoms with Crippen molar-refractivity contribution >= 4 is 22.0 Å². The SMILES string of the molecule is COC(=O)CCS(=O)(=O)N1CCCN(CC(=O)O)CC1. The number of rotatable bonds is 6. The number of aliphatic carboxylic acids is 1. The number of ether oxygens (including phenoxy) is 1. The highest BCUT2D eigenvalue weighted by Crippen LogP contribution is 2.10. The zero-order chi connectivity index (χ0) is 15.2. The van der Waals surface area contributed by atoms with Crippen molar-refractivity contribution in [2.24, 2.45) is 0 Å². The number of hydrogen-bond acceptors (Lipinski definition) is 6. The van der Waals surface area contributed by atoms with E-state index in [9.17, 15) is 18.0 Å². The van der Waals surface area contributed by atoms with Crippen LogP contribution in [0.25, 0.3) is 0 Å². The van der Waals surface area contributed by atoms with Crippen molar-refractivity contribution in [3.8, 4) is 0 Å². The minimum atomic E-state index is -3.51. The van der Waals surface area contributed by atoms with Crippen molar-refractivity contribution < 1.29 is 27.9 Å². The number of methoxy groups -OCH3 is 1. The van der Waals surface area contributed by atoms with E-state index in [1.54, 1.807) is 4.90 Å². The van der Waals surface area contributed by atoms with Crippen LogP contribution in [0.15, 0.2) is 0 Å². The van der Waals surface area contributed by atoms with Crippen LogP contribution in [0.4, 0.5) is 0 Å². The smallest absolute Gasteiger partial charge is 0.317 e. The molecule has 1 heterocycles. The molecule has 0 aliphatic carbocycles. The van der Waals surface area contributed by atoms with Gasteiger partial charge < -0.3 is 9.84 Å². The lowest BCUT2D eigenvalue weighted by Crippen LogP contribution is -2.38. The van der Waals surface area contributed by atoms with Gasteiger partial charge in [-0.2, -0.15) is 0 Å². The molecule has 0 radical (unpaired) electrons. The van der Waals surface area contributed by atoms with Crippen LogP contribution < -0.4 is 0 Å². The first-order chi connectivity index (χ1) is 9.35. The van der Waals surface area contributed by atoms with E-state index in [4.69, 9.17) is 5.11 Å². The molecule has 0 aromatic heterocycles. The largest absolute Gasteiger partial charge is 0.480 e. The Labute approximate surface area is 118 Å². The third-order valence-electron chi connectivity index (χ3n) is 3.09. The molecule has 9 heteroatoms. The summed E-state index contributed by atoms with van der Waals surface area (Å²) >= 11 is 0. The van der Waals surface area contributed by atoms with Crippen LogP contribution in [0.2, 0.25) is 0 Å². The number of carbonyl (C=O) groups is 2. The minimum Gasteiger partial charge on any atom is -0.480 e. The molecule has 116 valence electrons. The van der Waals surface area contributed by atoms with Crippen molar-refractivity contribution in [3.05, 3.63) is 0 Å². The number of carboxylic acid groups (broad SMARTS) is 1. The van der Waals surface area contributed by atoms with Crippen LogP contribution >= 0.6 is 0 Å². The van der Waals surface area contributed by atoms with Crippen LogP contribution in [0.3, 0.4) is 0 Å². The standard InChI is InChI=1S/C11H20N2O6S/c1-19-11(16)3-8-20(17,18)13-5-2-4-12(6-7-13)9-10(14)15/h2-9H2,1H3,(H,14,15). The average molecular weight is 308 g/mol. The Kier molecular flexibility index (Phi) is 6.37. The van der Waals surface area contributed by atoms with Gasteiger partial charge in [0, 0.05) is 26.2 Å². The maximum Gasteiger partial charge on any atom is 0.317 e. The molecule has 0 amide bonds. The molecule has 1 fully saturated rings. The maximum atomic E-state index is 12.1. The number of sulfonamides is 1. The van der Waals surface area contributed by atoms with Crippen LogP contribution in [0, 0.1) is 0 Å². The quantitative estimate of drug-likeness (QED) is 0.626. The molecule has 1 rings (SSSR count). The Hall–Kier alpha value is -1.19. The van der Waals surface area contributed by atoms with E-state index in [1.165, 1.54) is 11.4 Å². The molecular formula is C11H20N2O6S. The zero-order valence-electron chi connectivity index (χ0n) is 11.4. The fourth-order valence-corrected chi connectivity index (χ4v) is 3.47. The van der Waals surface area contributed by atoms with E-state index in [2.05, 4.69) is 4.74 Å². The van der Waals surface area contributed by atoms with Gasteiger partial charge in [0.25, 0.3) is 0 Å². The van der Waals surface area contributed by atoms with E-state index in [1.807, 2.05) is 0 Å². The Morgan fingerprint density at radius 3 is 2.50 bits per heavy atom. The summed E-state index contributed by atoms with van der Waals surface area (Å²) in [6, 6.07) is 0. The van der Waals surface area contributed by atoms with Crippen LogP contribution in [-0.4, -0.2) is 80.3 Å². The van der Waals surface area contributed by atoms with Gasteiger partial charge in [0.2, 0.25) is 10.0 Å². The highest BCUT2D eigenvalue weighted by Gasteiger charge is 2.26. The zero-order valence-corrected chi connectivity index (χ0v) is 12.3. The summed E-state index contributed by atoms with van der Waals surface area (Å²) in [6.45, 7) is 1.44. The molecule has 8 nitrogen and oxygen atoms in total. The van der Waals surface area contributed by atoms with Gasteiger partial charge in [0.05, 0.1) is 25.8 Å². The second kappa shape index (κ2) is 7.55. The third-order valence-corrected chi connectivity index (χ3v) is 4.96.